The van der Waals surface area contributed by atoms with Gasteiger partial charge in [0.25, 0.3) is 5.91 Å². The number of carbonyl (C=O) groups is 2. The van der Waals surface area contributed by atoms with Crippen molar-refractivity contribution < 1.29 is 14.0 Å². The second kappa shape index (κ2) is 6.28. The molecule has 0 unspecified atom stereocenters. The zero-order chi connectivity index (χ0) is 16.6. The lowest BCUT2D eigenvalue weighted by molar-refractivity contribution is -0.117. The van der Waals surface area contributed by atoms with E-state index < -0.39 is 5.82 Å². The lowest BCUT2D eigenvalue weighted by Crippen LogP contribution is -2.55. The molecular weight excluding hydrogens is 297 g/mol. The fraction of sp³-hybridized carbons (Fsp3) is 0.529. The number of carbonyl (C=O) groups excluding carboxylic acids is 2. The first-order valence-corrected chi connectivity index (χ1v) is 8.11. The van der Waals surface area contributed by atoms with Crippen molar-refractivity contribution in [3.63, 3.8) is 0 Å². The van der Waals surface area contributed by atoms with Crippen LogP contribution in [0.3, 0.4) is 0 Å². The Morgan fingerprint density at radius 1 is 1.26 bits per heavy atom. The zero-order valence-electron chi connectivity index (χ0n) is 13.5. The molecule has 2 atom stereocenters. The van der Waals surface area contributed by atoms with Crippen LogP contribution in [0.1, 0.15) is 37.0 Å². The molecule has 0 aromatic heterocycles. The monoisotopic (exact) mass is 319 g/mol. The average molecular weight is 319 g/mol. The third-order valence-corrected chi connectivity index (χ3v) is 4.41. The lowest BCUT2D eigenvalue weighted by Gasteiger charge is -2.36. The summed E-state index contributed by atoms with van der Waals surface area (Å²) in [7, 11) is 0. The highest BCUT2D eigenvalue weighted by atomic mass is 19.1. The van der Waals surface area contributed by atoms with E-state index in [-0.39, 0.29) is 29.5 Å². The topological polar surface area (TPSA) is 52.7 Å². The van der Waals surface area contributed by atoms with Crippen LogP contribution in [0.25, 0.3) is 0 Å². The highest BCUT2D eigenvalue weighted by Crippen LogP contribution is 2.25. The molecule has 2 heterocycles. The number of halogens is 1. The van der Waals surface area contributed by atoms with E-state index in [0.29, 0.717) is 31.7 Å². The van der Waals surface area contributed by atoms with E-state index >= 15 is 0 Å². The minimum atomic E-state index is -0.538. The number of rotatable bonds is 2. The third-order valence-electron chi connectivity index (χ3n) is 4.41. The predicted octanol–water partition coefficient (Wildman–Crippen LogP) is 1.77. The summed E-state index contributed by atoms with van der Waals surface area (Å²) in [6.07, 6.45) is 1.31. The summed E-state index contributed by atoms with van der Waals surface area (Å²) >= 11 is 0. The minimum absolute atomic E-state index is 0.0272. The molecule has 5 nitrogen and oxygen atoms in total. The van der Waals surface area contributed by atoms with Gasteiger partial charge in [0.15, 0.2) is 0 Å². The smallest absolute Gasteiger partial charge is 0.257 e. The van der Waals surface area contributed by atoms with Crippen molar-refractivity contribution in [3.05, 3.63) is 29.6 Å². The predicted molar refractivity (Wildman–Crippen MR) is 86.0 cm³/mol. The van der Waals surface area contributed by atoms with Crippen molar-refractivity contribution in [2.24, 2.45) is 0 Å². The summed E-state index contributed by atoms with van der Waals surface area (Å²) in [6, 6.07) is 4.71. The molecule has 2 aliphatic heterocycles. The van der Waals surface area contributed by atoms with Crippen LogP contribution < -0.4 is 10.2 Å². The Kier molecular flexibility index (Phi) is 4.35. The van der Waals surface area contributed by atoms with E-state index in [9.17, 15) is 14.0 Å². The molecule has 1 aromatic rings. The van der Waals surface area contributed by atoms with Crippen LogP contribution in [-0.2, 0) is 4.79 Å². The molecule has 0 spiro atoms. The molecule has 2 saturated heterocycles. The maximum absolute atomic E-state index is 14.2. The van der Waals surface area contributed by atoms with Crippen LogP contribution in [0.4, 0.5) is 10.1 Å². The minimum Gasteiger partial charge on any atom is -0.335 e. The van der Waals surface area contributed by atoms with Crippen molar-refractivity contribution in [1.29, 1.82) is 0 Å². The van der Waals surface area contributed by atoms with Crippen LogP contribution in [0.15, 0.2) is 18.2 Å². The number of piperazine rings is 1. The van der Waals surface area contributed by atoms with Crippen molar-refractivity contribution in [2.75, 3.05) is 24.5 Å². The molecule has 3 rings (SSSR count). The fourth-order valence-corrected chi connectivity index (χ4v) is 3.43. The summed E-state index contributed by atoms with van der Waals surface area (Å²) in [5.74, 6) is -0.820. The molecule has 124 valence electrons. The Morgan fingerprint density at radius 2 is 1.96 bits per heavy atom. The van der Waals surface area contributed by atoms with E-state index in [1.165, 1.54) is 12.1 Å². The maximum Gasteiger partial charge on any atom is 0.257 e. The number of amides is 2. The molecule has 2 amide bonds. The van der Waals surface area contributed by atoms with Gasteiger partial charge in [-0.25, -0.2) is 4.39 Å². The first-order chi connectivity index (χ1) is 11.0. The number of benzene rings is 1. The standard InChI is InChI=1S/C17H22FN3O2/c1-11-9-20(10-12(2)19-11)17(23)14-8-13(5-6-15(14)18)21-7-3-4-16(21)22/h5-6,8,11-12,19H,3-4,7,9-10H2,1-2H3/t11-,12-/m0/s1. The normalized spacial score (nSPS) is 25.1. The molecule has 2 fully saturated rings. The van der Waals surface area contributed by atoms with E-state index in [2.05, 4.69) is 5.32 Å². The van der Waals surface area contributed by atoms with Gasteiger partial charge >= 0.3 is 0 Å². The molecule has 6 heteroatoms. The summed E-state index contributed by atoms with van der Waals surface area (Å²) < 4.78 is 14.2. The fourth-order valence-electron chi connectivity index (χ4n) is 3.43. The first-order valence-electron chi connectivity index (χ1n) is 8.11. The van der Waals surface area contributed by atoms with E-state index in [1.807, 2.05) is 13.8 Å². The molecular formula is C17H22FN3O2. The first kappa shape index (κ1) is 15.9. The lowest BCUT2D eigenvalue weighted by atomic mass is 10.1. The van der Waals surface area contributed by atoms with Gasteiger partial charge < -0.3 is 15.1 Å². The molecule has 0 bridgehead atoms. The van der Waals surface area contributed by atoms with Gasteiger partial charge in [0.2, 0.25) is 5.91 Å². The Labute approximate surface area is 135 Å². The Bertz CT molecular complexity index is 624. The molecule has 2 aliphatic rings. The van der Waals surface area contributed by atoms with Crippen LogP contribution >= 0.6 is 0 Å². The van der Waals surface area contributed by atoms with Crippen molar-refractivity contribution in [2.45, 2.75) is 38.8 Å². The number of anilines is 1. The number of nitrogens with zero attached hydrogens (tertiary/aromatic N) is 2. The van der Waals surface area contributed by atoms with Crippen LogP contribution in [-0.4, -0.2) is 48.4 Å². The summed E-state index contributed by atoms with van der Waals surface area (Å²) in [4.78, 5) is 27.9. The molecule has 0 radical (unpaired) electrons. The van der Waals surface area contributed by atoms with E-state index in [4.69, 9.17) is 0 Å². The number of nitrogens with one attached hydrogen (secondary N) is 1. The van der Waals surface area contributed by atoms with Crippen LogP contribution in [0.2, 0.25) is 0 Å². The second-order valence-corrected chi connectivity index (χ2v) is 6.49. The highest BCUT2D eigenvalue weighted by Gasteiger charge is 2.28. The van der Waals surface area contributed by atoms with Gasteiger partial charge in [0.05, 0.1) is 5.56 Å². The third kappa shape index (κ3) is 3.22. The van der Waals surface area contributed by atoms with Gasteiger partial charge in [-0.05, 0) is 38.5 Å². The Hall–Kier alpha value is -1.95. The number of hydrogen-bond acceptors (Lipinski definition) is 3. The van der Waals surface area contributed by atoms with Gasteiger partial charge in [0.1, 0.15) is 5.82 Å². The van der Waals surface area contributed by atoms with Gasteiger partial charge in [-0.15, -0.1) is 0 Å². The molecule has 1 N–H and O–H groups in total. The SMILES string of the molecule is C[C@H]1CN(C(=O)c2cc(N3CCCC3=O)ccc2F)C[C@H](C)N1. The summed E-state index contributed by atoms with van der Waals surface area (Å²) in [5.41, 5.74) is 0.650. The van der Waals surface area contributed by atoms with Gasteiger partial charge in [-0.3, -0.25) is 9.59 Å². The Balaban J connectivity index is 1.86. The van der Waals surface area contributed by atoms with E-state index in [0.717, 1.165) is 6.42 Å². The largest absolute Gasteiger partial charge is 0.335 e. The van der Waals surface area contributed by atoms with Gasteiger partial charge in [0, 0.05) is 43.8 Å². The molecule has 0 aliphatic carbocycles. The van der Waals surface area contributed by atoms with Crippen LogP contribution in [0, 0.1) is 5.82 Å². The van der Waals surface area contributed by atoms with E-state index in [1.54, 1.807) is 15.9 Å². The van der Waals surface area contributed by atoms with Crippen LogP contribution in [0.5, 0.6) is 0 Å². The number of hydrogen-bond donors (Lipinski definition) is 1. The highest BCUT2D eigenvalue weighted by molar-refractivity contribution is 5.99. The van der Waals surface area contributed by atoms with Gasteiger partial charge in [-0.2, -0.15) is 0 Å². The zero-order valence-corrected chi connectivity index (χ0v) is 13.5. The summed E-state index contributed by atoms with van der Waals surface area (Å²) in [6.45, 7) is 5.74. The van der Waals surface area contributed by atoms with Crippen molar-refractivity contribution >= 4 is 17.5 Å². The second-order valence-electron chi connectivity index (χ2n) is 6.49. The molecule has 0 saturated carbocycles. The quantitative estimate of drug-likeness (QED) is 0.904. The van der Waals surface area contributed by atoms with Crippen molar-refractivity contribution in [3.8, 4) is 0 Å². The summed E-state index contributed by atoms with van der Waals surface area (Å²) in [5, 5.41) is 3.35. The Morgan fingerprint density at radius 3 is 2.57 bits per heavy atom. The maximum atomic E-state index is 14.2. The molecule has 23 heavy (non-hydrogen) atoms. The average Bonchev–Trinajstić information content (AvgIpc) is 2.92. The molecule has 1 aromatic carbocycles. The van der Waals surface area contributed by atoms with Gasteiger partial charge in [-0.1, -0.05) is 0 Å². The van der Waals surface area contributed by atoms with Crippen molar-refractivity contribution in [1.82, 2.24) is 10.2 Å².